The molecule has 0 saturated carbocycles. The Balaban J connectivity index is 1.51. The molecular formula is C23H24N4O4. The molecular weight excluding hydrogens is 396 g/mol. The number of rotatable bonds is 5. The van der Waals surface area contributed by atoms with Gasteiger partial charge in [0.1, 0.15) is 5.66 Å². The fourth-order valence-corrected chi connectivity index (χ4v) is 4.50. The van der Waals surface area contributed by atoms with Gasteiger partial charge >= 0.3 is 0 Å². The summed E-state index contributed by atoms with van der Waals surface area (Å²) >= 11 is 0. The zero-order valence-corrected chi connectivity index (χ0v) is 17.5. The molecule has 1 saturated heterocycles. The maximum atomic E-state index is 13.2. The minimum Gasteiger partial charge on any atom is -0.366 e. The first-order chi connectivity index (χ1) is 14.7. The van der Waals surface area contributed by atoms with Gasteiger partial charge in [-0.1, -0.05) is 12.1 Å². The average Bonchev–Trinajstić information content (AvgIpc) is 3.03. The number of nitrogens with two attached hydrogens (primary N) is 1. The molecule has 1 fully saturated rings. The van der Waals surface area contributed by atoms with Crippen molar-refractivity contribution in [2.45, 2.75) is 38.8 Å². The second-order valence-electron chi connectivity index (χ2n) is 8.11. The number of amides is 4. The van der Waals surface area contributed by atoms with Gasteiger partial charge in [-0.05, 0) is 56.2 Å². The van der Waals surface area contributed by atoms with Gasteiger partial charge in [0.25, 0.3) is 5.91 Å². The van der Waals surface area contributed by atoms with Gasteiger partial charge in [0.2, 0.25) is 17.7 Å². The third-order valence-electron chi connectivity index (χ3n) is 6.08. The van der Waals surface area contributed by atoms with Crippen LogP contribution in [0.4, 0.5) is 11.4 Å². The van der Waals surface area contributed by atoms with Crippen LogP contribution in [0.1, 0.15) is 52.5 Å². The Bertz CT molecular complexity index is 1110. The lowest BCUT2D eigenvalue weighted by Gasteiger charge is -2.48. The second kappa shape index (κ2) is 7.54. The van der Waals surface area contributed by atoms with Crippen LogP contribution in [-0.2, 0) is 9.59 Å². The molecule has 4 amide bonds. The predicted octanol–water partition coefficient (Wildman–Crippen LogP) is 2.42. The van der Waals surface area contributed by atoms with Crippen molar-refractivity contribution < 1.29 is 19.2 Å². The lowest BCUT2D eigenvalue weighted by atomic mass is 9.98. The summed E-state index contributed by atoms with van der Waals surface area (Å²) in [5.74, 6) is -0.999. The summed E-state index contributed by atoms with van der Waals surface area (Å²) in [5.41, 5.74) is 7.23. The molecule has 0 aliphatic carbocycles. The summed E-state index contributed by atoms with van der Waals surface area (Å²) in [4.78, 5) is 53.0. The monoisotopic (exact) mass is 420 g/mol. The number of benzene rings is 2. The van der Waals surface area contributed by atoms with Crippen molar-refractivity contribution in [1.29, 1.82) is 0 Å². The van der Waals surface area contributed by atoms with E-state index in [-0.39, 0.29) is 30.7 Å². The number of carbonyl (C=O) groups is 4. The summed E-state index contributed by atoms with van der Waals surface area (Å²) < 4.78 is 0. The normalized spacial score (nSPS) is 19.8. The van der Waals surface area contributed by atoms with E-state index in [9.17, 15) is 19.2 Å². The van der Waals surface area contributed by atoms with Gasteiger partial charge in [-0.25, -0.2) is 0 Å². The highest BCUT2D eigenvalue weighted by Gasteiger charge is 2.52. The number of hydrogen-bond acceptors (Lipinski definition) is 4. The molecule has 0 spiro atoms. The highest BCUT2D eigenvalue weighted by atomic mass is 16.2. The van der Waals surface area contributed by atoms with E-state index in [4.69, 9.17) is 5.73 Å². The number of fused-ring (bicyclic) bond motifs is 3. The van der Waals surface area contributed by atoms with Crippen LogP contribution in [0.3, 0.4) is 0 Å². The van der Waals surface area contributed by atoms with Crippen LogP contribution in [0.25, 0.3) is 0 Å². The molecule has 3 N–H and O–H groups in total. The van der Waals surface area contributed by atoms with E-state index in [1.807, 2.05) is 13.0 Å². The van der Waals surface area contributed by atoms with Crippen LogP contribution in [0.2, 0.25) is 0 Å². The van der Waals surface area contributed by atoms with Crippen molar-refractivity contribution >= 4 is 35.0 Å². The van der Waals surface area contributed by atoms with Gasteiger partial charge in [0.05, 0.1) is 11.3 Å². The summed E-state index contributed by atoms with van der Waals surface area (Å²) in [6.07, 6.45) is 0.940. The maximum absolute atomic E-state index is 13.2. The molecule has 8 heteroatoms. The molecule has 2 aliphatic rings. The van der Waals surface area contributed by atoms with Gasteiger partial charge in [-0.15, -0.1) is 0 Å². The topological polar surface area (TPSA) is 113 Å². The standard InChI is InChI=1S/C23H24N4O4/c1-14-13-15(7-8-16(14)21(24)30)25-19(28)10-12-26-22(31)17-5-3-4-6-18(17)27-20(29)9-11-23(26,27)2/h3-8,13H,9-12H2,1-2H3,(H2,24,30)(H,25,28). The Morgan fingerprint density at radius 2 is 1.90 bits per heavy atom. The van der Waals surface area contributed by atoms with Gasteiger partial charge in [0.15, 0.2) is 0 Å². The van der Waals surface area contributed by atoms with E-state index in [1.165, 1.54) is 0 Å². The molecule has 4 rings (SSSR count). The second-order valence-corrected chi connectivity index (χ2v) is 8.11. The molecule has 0 bridgehead atoms. The Kier molecular flexibility index (Phi) is 5.00. The smallest absolute Gasteiger partial charge is 0.257 e. The van der Waals surface area contributed by atoms with Crippen molar-refractivity contribution in [2.75, 3.05) is 16.8 Å². The van der Waals surface area contributed by atoms with Gasteiger partial charge in [-0.2, -0.15) is 0 Å². The van der Waals surface area contributed by atoms with E-state index >= 15 is 0 Å². The number of aryl methyl sites for hydroxylation is 1. The minimum absolute atomic E-state index is 0.0260. The van der Waals surface area contributed by atoms with Gasteiger partial charge < -0.3 is 16.0 Å². The minimum atomic E-state index is -0.789. The molecule has 1 atom stereocenters. The fraction of sp³-hybridized carbons (Fsp3) is 0.304. The van der Waals surface area contributed by atoms with Crippen LogP contribution in [0.5, 0.6) is 0 Å². The van der Waals surface area contributed by atoms with Crippen molar-refractivity contribution in [2.24, 2.45) is 5.73 Å². The number of hydrogen-bond donors (Lipinski definition) is 2. The first kappa shape index (κ1) is 20.6. The van der Waals surface area contributed by atoms with Crippen LogP contribution >= 0.6 is 0 Å². The molecule has 1 unspecified atom stereocenters. The van der Waals surface area contributed by atoms with Crippen molar-refractivity contribution in [3.8, 4) is 0 Å². The number of carbonyl (C=O) groups excluding carboxylic acids is 4. The third-order valence-corrected chi connectivity index (χ3v) is 6.08. The highest BCUT2D eigenvalue weighted by Crippen LogP contribution is 2.43. The van der Waals surface area contributed by atoms with Crippen LogP contribution in [0, 0.1) is 6.92 Å². The quantitative estimate of drug-likeness (QED) is 0.773. The molecule has 31 heavy (non-hydrogen) atoms. The third kappa shape index (κ3) is 3.43. The fourth-order valence-electron chi connectivity index (χ4n) is 4.50. The zero-order valence-electron chi connectivity index (χ0n) is 17.5. The summed E-state index contributed by atoms with van der Waals surface area (Å²) in [5, 5.41) is 2.79. The van der Waals surface area contributed by atoms with E-state index < -0.39 is 11.6 Å². The highest BCUT2D eigenvalue weighted by molar-refractivity contribution is 6.10. The lowest BCUT2D eigenvalue weighted by molar-refractivity contribution is -0.117. The molecule has 8 nitrogen and oxygen atoms in total. The molecule has 0 radical (unpaired) electrons. The Hall–Kier alpha value is -3.68. The molecule has 0 aromatic heterocycles. The maximum Gasteiger partial charge on any atom is 0.257 e. The van der Waals surface area contributed by atoms with Gasteiger partial charge in [0, 0.05) is 30.6 Å². The average molecular weight is 420 g/mol. The first-order valence-electron chi connectivity index (χ1n) is 10.2. The first-order valence-corrected chi connectivity index (χ1v) is 10.2. The SMILES string of the molecule is Cc1cc(NC(=O)CCN2C(=O)c3ccccc3N3C(=O)CCC23C)ccc1C(N)=O. The van der Waals surface area contributed by atoms with E-state index in [2.05, 4.69) is 5.32 Å². The Morgan fingerprint density at radius 1 is 1.16 bits per heavy atom. The largest absolute Gasteiger partial charge is 0.366 e. The summed E-state index contributed by atoms with van der Waals surface area (Å²) in [6.45, 7) is 3.79. The summed E-state index contributed by atoms with van der Waals surface area (Å²) in [6, 6.07) is 11.9. The van der Waals surface area contributed by atoms with Crippen molar-refractivity contribution in [3.05, 3.63) is 59.2 Å². The number of anilines is 2. The summed E-state index contributed by atoms with van der Waals surface area (Å²) in [7, 11) is 0. The molecule has 2 aromatic carbocycles. The Labute approximate surface area is 180 Å². The Morgan fingerprint density at radius 3 is 2.61 bits per heavy atom. The van der Waals surface area contributed by atoms with Crippen LogP contribution < -0.4 is 16.0 Å². The van der Waals surface area contributed by atoms with Crippen LogP contribution in [-0.4, -0.2) is 40.7 Å². The van der Waals surface area contributed by atoms with Gasteiger partial charge in [-0.3, -0.25) is 24.1 Å². The molecule has 2 heterocycles. The van der Waals surface area contributed by atoms with E-state index in [1.54, 1.807) is 53.1 Å². The number of para-hydroxylation sites is 1. The predicted molar refractivity (Wildman–Crippen MR) is 116 cm³/mol. The van der Waals surface area contributed by atoms with E-state index in [0.717, 1.165) is 0 Å². The van der Waals surface area contributed by atoms with Crippen LogP contribution in [0.15, 0.2) is 42.5 Å². The zero-order chi connectivity index (χ0) is 22.3. The number of nitrogens with zero attached hydrogens (tertiary/aromatic N) is 2. The molecule has 160 valence electrons. The number of nitrogens with one attached hydrogen (secondary N) is 1. The molecule has 2 aromatic rings. The number of primary amides is 1. The van der Waals surface area contributed by atoms with Crippen molar-refractivity contribution in [3.63, 3.8) is 0 Å². The van der Waals surface area contributed by atoms with Crippen molar-refractivity contribution in [1.82, 2.24) is 4.90 Å². The lowest BCUT2D eigenvalue weighted by Crippen LogP contribution is -2.62. The van der Waals surface area contributed by atoms with E-state index in [0.29, 0.717) is 40.9 Å². The molecule has 2 aliphatic heterocycles.